The number of carbonyl (C=O) groups excluding carboxylic acids is 3. The summed E-state index contributed by atoms with van der Waals surface area (Å²) in [7, 11) is 0. The van der Waals surface area contributed by atoms with Crippen molar-refractivity contribution < 1.29 is 28.6 Å². The number of ether oxygens (including phenoxy) is 3. The zero-order valence-corrected chi connectivity index (χ0v) is 47.2. The quantitative estimate of drug-likeness (QED) is 0.0261. The molecule has 0 bridgehead atoms. The van der Waals surface area contributed by atoms with E-state index in [1.54, 1.807) is 6.08 Å². The third-order valence-corrected chi connectivity index (χ3v) is 12.8. The normalized spacial score (nSPS) is 12.8. The van der Waals surface area contributed by atoms with Crippen molar-refractivity contribution in [3.63, 3.8) is 0 Å². The van der Waals surface area contributed by atoms with Crippen molar-refractivity contribution in [3.05, 3.63) is 97.2 Å². The van der Waals surface area contributed by atoms with Crippen LogP contribution in [0.1, 0.15) is 284 Å². The minimum atomic E-state index is -0.823. The molecule has 0 aromatic carbocycles. The van der Waals surface area contributed by atoms with Crippen molar-refractivity contribution in [2.24, 2.45) is 0 Å². The van der Waals surface area contributed by atoms with Crippen LogP contribution in [0.2, 0.25) is 0 Å². The molecule has 0 aromatic heterocycles. The highest BCUT2D eigenvalue weighted by molar-refractivity contribution is 5.72. The van der Waals surface area contributed by atoms with E-state index in [2.05, 4.69) is 106 Å². The first kappa shape index (κ1) is 68.3. The Bertz CT molecular complexity index is 1430. The Hall–Kier alpha value is -3.67. The van der Waals surface area contributed by atoms with E-state index in [0.29, 0.717) is 12.8 Å². The Labute approximate surface area is 445 Å². The number of esters is 3. The second-order valence-corrected chi connectivity index (χ2v) is 19.9. The second kappa shape index (κ2) is 59.9. The van der Waals surface area contributed by atoms with Gasteiger partial charge in [0.1, 0.15) is 13.2 Å². The van der Waals surface area contributed by atoms with Crippen LogP contribution < -0.4 is 0 Å². The van der Waals surface area contributed by atoms with Gasteiger partial charge in [0, 0.05) is 12.8 Å². The van der Waals surface area contributed by atoms with E-state index in [4.69, 9.17) is 14.2 Å². The Balaban J connectivity index is 4.46. The van der Waals surface area contributed by atoms with Crippen LogP contribution >= 0.6 is 0 Å². The Morgan fingerprint density at radius 1 is 0.306 bits per heavy atom. The van der Waals surface area contributed by atoms with Crippen molar-refractivity contribution in [1.29, 1.82) is 0 Å². The fraction of sp³-hybridized carbons (Fsp3) is 0.712. The topological polar surface area (TPSA) is 78.9 Å². The molecule has 0 saturated carbocycles. The summed E-state index contributed by atoms with van der Waals surface area (Å²) in [6.07, 6.45) is 80.0. The van der Waals surface area contributed by atoms with Crippen LogP contribution in [0.5, 0.6) is 0 Å². The van der Waals surface area contributed by atoms with E-state index in [0.717, 1.165) is 77.0 Å². The molecule has 0 saturated heterocycles. The van der Waals surface area contributed by atoms with Crippen LogP contribution in [0.3, 0.4) is 0 Å². The standard InChI is InChI=1S/C66H112O6/c1-4-7-10-13-16-19-22-25-28-30-32-33-34-36-38-41-44-47-50-53-56-59-65(68)71-62-63(61-70-64(67)58-55-52-49-46-43-40-37-27-24-21-18-15-12-9-6-3)72-66(69)60-57-54-51-48-45-42-39-35-31-29-26-23-20-17-14-11-8-5-2/h9,12,18,21-22,25,27,29-32,37,43,46,52,55,63H,4-8,10-11,13-17,19-20,23-24,26,28,33-36,38-42,44-45,47-51,53-54,56-62H2,1-3H3/b12-9-,21-18-,25-22-,31-29-,32-30-,37-27-,46-43-,55-52-. The van der Waals surface area contributed by atoms with Gasteiger partial charge in [0.05, 0.1) is 6.42 Å². The Morgan fingerprint density at radius 2 is 0.597 bits per heavy atom. The summed E-state index contributed by atoms with van der Waals surface area (Å²) in [6, 6.07) is 0. The summed E-state index contributed by atoms with van der Waals surface area (Å²) in [5.41, 5.74) is 0. The largest absolute Gasteiger partial charge is 0.462 e. The van der Waals surface area contributed by atoms with E-state index in [1.165, 1.54) is 167 Å². The molecule has 72 heavy (non-hydrogen) atoms. The molecule has 1 atom stereocenters. The maximum atomic E-state index is 12.9. The molecule has 0 fully saturated rings. The van der Waals surface area contributed by atoms with Crippen LogP contribution in [0.4, 0.5) is 0 Å². The molecule has 412 valence electrons. The molecule has 0 N–H and O–H groups in total. The summed E-state index contributed by atoms with van der Waals surface area (Å²) in [5, 5.41) is 0. The first-order chi connectivity index (χ1) is 35.5. The summed E-state index contributed by atoms with van der Waals surface area (Å²) in [5.74, 6) is -1.05. The lowest BCUT2D eigenvalue weighted by atomic mass is 10.1. The molecule has 1 unspecified atom stereocenters. The first-order valence-electron chi connectivity index (χ1n) is 30.2. The highest BCUT2D eigenvalue weighted by Gasteiger charge is 2.19. The number of unbranched alkanes of at least 4 members (excludes halogenated alkanes) is 28. The lowest BCUT2D eigenvalue weighted by Gasteiger charge is -2.18. The molecule has 6 heteroatoms. The third-order valence-electron chi connectivity index (χ3n) is 12.8. The molecule has 6 nitrogen and oxygen atoms in total. The predicted molar refractivity (Wildman–Crippen MR) is 311 cm³/mol. The molecule has 0 rings (SSSR count). The van der Waals surface area contributed by atoms with Gasteiger partial charge in [-0.05, 0) is 103 Å². The van der Waals surface area contributed by atoms with Gasteiger partial charge in [-0.1, -0.05) is 259 Å². The van der Waals surface area contributed by atoms with E-state index in [1.807, 2.05) is 6.08 Å². The van der Waals surface area contributed by atoms with Crippen molar-refractivity contribution in [3.8, 4) is 0 Å². The third kappa shape index (κ3) is 57.2. The van der Waals surface area contributed by atoms with Crippen molar-refractivity contribution in [2.45, 2.75) is 290 Å². The lowest BCUT2D eigenvalue weighted by Crippen LogP contribution is -2.30. The van der Waals surface area contributed by atoms with Gasteiger partial charge in [-0.15, -0.1) is 0 Å². The summed E-state index contributed by atoms with van der Waals surface area (Å²) in [4.78, 5) is 38.2. The first-order valence-corrected chi connectivity index (χ1v) is 30.2. The number of allylic oxidation sites excluding steroid dienone is 15. The highest BCUT2D eigenvalue weighted by atomic mass is 16.6. The Kier molecular flexibility index (Phi) is 56.8. The average molecular weight is 1000 g/mol. The molecule has 0 heterocycles. The summed E-state index contributed by atoms with van der Waals surface area (Å²) >= 11 is 0. The summed E-state index contributed by atoms with van der Waals surface area (Å²) in [6.45, 7) is 6.44. The van der Waals surface area contributed by atoms with Crippen molar-refractivity contribution >= 4 is 17.9 Å². The van der Waals surface area contributed by atoms with E-state index >= 15 is 0 Å². The number of carbonyl (C=O) groups is 3. The van der Waals surface area contributed by atoms with Crippen molar-refractivity contribution in [1.82, 2.24) is 0 Å². The van der Waals surface area contributed by atoms with Crippen LogP contribution in [0.25, 0.3) is 0 Å². The van der Waals surface area contributed by atoms with E-state index in [9.17, 15) is 14.4 Å². The summed E-state index contributed by atoms with van der Waals surface area (Å²) < 4.78 is 16.8. The SMILES string of the molecule is CC/C=C\C/C=C\C/C=C\C/C=C\C/C=C\CC(=O)OCC(COC(=O)CCCCCCCCCCC/C=C\C/C=C\CCCCCCC)OC(=O)CCCCCCCCC/C=C\CCCCCCCCC. The van der Waals surface area contributed by atoms with Crippen LogP contribution in [0.15, 0.2) is 97.2 Å². The maximum absolute atomic E-state index is 12.9. The van der Waals surface area contributed by atoms with Gasteiger partial charge >= 0.3 is 17.9 Å². The molecular formula is C66H112O6. The van der Waals surface area contributed by atoms with Gasteiger partial charge in [0.2, 0.25) is 0 Å². The van der Waals surface area contributed by atoms with Crippen LogP contribution in [-0.4, -0.2) is 37.2 Å². The molecule has 0 aliphatic rings. The minimum Gasteiger partial charge on any atom is -0.462 e. The van der Waals surface area contributed by atoms with E-state index in [-0.39, 0.29) is 31.6 Å². The maximum Gasteiger partial charge on any atom is 0.309 e. The lowest BCUT2D eigenvalue weighted by molar-refractivity contribution is -0.166. The van der Waals surface area contributed by atoms with Gasteiger partial charge in [-0.25, -0.2) is 0 Å². The van der Waals surface area contributed by atoms with Gasteiger partial charge in [-0.3, -0.25) is 14.4 Å². The molecular weight excluding hydrogens is 889 g/mol. The fourth-order valence-electron chi connectivity index (χ4n) is 8.31. The number of rotatable bonds is 54. The van der Waals surface area contributed by atoms with E-state index < -0.39 is 12.1 Å². The predicted octanol–water partition coefficient (Wildman–Crippen LogP) is 20.5. The van der Waals surface area contributed by atoms with Crippen LogP contribution in [0, 0.1) is 0 Å². The Morgan fingerprint density at radius 3 is 0.986 bits per heavy atom. The smallest absolute Gasteiger partial charge is 0.309 e. The molecule has 0 aromatic rings. The number of hydrogen-bond donors (Lipinski definition) is 0. The average Bonchev–Trinajstić information content (AvgIpc) is 3.38. The molecule has 0 aliphatic carbocycles. The second-order valence-electron chi connectivity index (χ2n) is 19.9. The van der Waals surface area contributed by atoms with Gasteiger partial charge in [0.15, 0.2) is 6.10 Å². The zero-order valence-electron chi connectivity index (χ0n) is 47.2. The molecule has 0 spiro atoms. The molecule has 0 amide bonds. The van der Waals surface area contributed by atoms with Crippen LogP contribution in [-0.2, 0) is 28.6 Å². The minimum absolute atomic E-state index is 0.111. The zero-order chi connectivity index (χ0) is 52.2. The number of hydrogen-bond acceptors (Lipinski definition) is 6. The van der Waals surface area contributed by atoms with Gasteiger partial charge in [0.25, 0.3) is 0 Å². The monoisotopic (exact) mass is 1000 g/mol. The fourth-order valence-corrected chi connectivity index (χ4v) is 8.31. The van der Waals surface area contributed by atoms with Gasteiger partial charge < -0.3 is 14.2 Å². The molecule has 0 aliphatic heterocycles. The van der Waals surface area contributed by atoms with Crippen molar-refractivity contribution in [2.75, 3.05) is 13.2 Å². The van der Waals surface area contributed by atoms with Gasteiger partial charge in [-0.2, -0.15) is 0 Å². The highest BCUT2D eigenvalue weighted by Crippen LogP contribution is 2.15. The molecule has 0 radical (unpaired) electrons.